The van der Waals surface area contributed by atoms with Crippen LogP contribution in [0.4, 0.5) is 11.5 Å². The molecule has 1 amide bonds. The number of benzene rings is 1. The van der Waals surface area contributed by atoms with Gasteiger partial charge in [0.05, 0.1) is 16.9 Å². The van der Waals surface area contributed by atoms with Crippen molar-refractivity contribution < 1.29 is 4.79 Å². The highest BCUT2D eigenvalue weighted by Crippen LogP contribution is 2.25. The van der Waals surface area contributed by atoms with Crippen molar-refractivity contribution in [1.29, 1.82) is 10.5 Å². The van der Waals surface area contributed by atoms with E-state index in [0.29, 0.717) is 10.7 Å². The molecule has 1 aromatic heterocycles. The summed E-state index contributed by atoms with van der Waals surface area (Å²) in [7, 11) is 0. The Bertz CT molecular complexity index is 902. The Balaban J connectivity index is 2.03. The number of amides is 1. The summed E-state index contributed by atoms with van der Waals surface area (Å²) in [4.78, 5) is 16.2. The number of pyridine rings is 1. The van der Waals surface area contributed by atoms with Crippen molar-refractivity contribution in [1.82, 2.24) is 4.98 Å². The minimum absolute atomic E-state index is 0.0483. The van der Waals surface area contributed by atoms with Gasteiger partial charge in [-0.1, -0.05) is 44.7 Å². The van der Waals surface area contributed by atoms with Crippen molar-refractivity contribution in [3.63, 3.8) is 0 Å². The summed E-state index contributed by atoms with van der Waals surface area (Å²) in [6.07, 6.45) is 0. The van der Waals surface area contributed by atoms with Crippen molar-refractivity contribution in [3.05, 3.63) is 47.0 Å². The summed E-state index contributed by atoms with van der Waals surface area (Å²) in [6, 6.07) is 12.9. The molecule has 2 aromatic rings. The molecular weight excluding hydrogens is 346 g/mol. The molecule has 0 saturated carbocycles. The molecule has 0 atom stereocenters. The summed E-state index contributed by atoms with van der Waals surface area (Å²) in [5.41, 5.74) is 7.99. The zero-order valence-corrected chi connectivity index (χ0v) is 15.6. The lowest BCUT2D eigenvalue weighted by Gasteiger charge is -2.19. The molecule has 1 aromatic carbocycles. The van der Waals surface area contributed by atoms with Crippen LogP contribution in [0.25, 0.3) is 0 Å². The maximum atomic E-state index is 12.1. The first-order valence-corrected chi connectivity index (χ1v) is 8.87. The highest BCUT2D eigenvalue weighted by Gasteiger charge is 2.14. The molecule has 2 rings (SSSR count). The molecular formula is C19H19N5OS. The third-order valence-corrected chi connectivity index (χ3v) is 4.62. The third kappa shape index (κ3) is 4.75. The van der Waals surface area contributed by atoms with E-state index < -0.39 is 0 Å². The molecule has 0 radical (unpaired) electrons. The summed E-state index contributed by atoms with van der Waals surface area (Å²) >= 11 is 1.10. The van der Waals surface area contributed by atoms with Crippen molar-refractivity contribution in [2.24, 2.45) is 0 Å². The number of nitrogens with zero attached hydrogens (tertiary/aromatic N) is 3. The highest BCUT2D eigenvalue weighted by molar-refractivity contribution is 8.00. The van der Waals surface area contributed by atoms with Gasteiger partial charge in [-0.15, -0.1) is 0 Å². The van der Waals surface area contributed by atoms with Crippen molar-refractivity contribution in [2.45, 2.75) is 31.2 Å². The molecule has 0 bridgehead atoms. The number of hydrogen-bond donors (Lipinski definition) is 2. The topological polar surface area (TPSA) is 116 Å². The summed E-state index contributed by atoms with van der Waals surface area (Å²) in [6.45, 7) is 6.38. The number of nitrogens with two attached hydrogens (primary N) is 1. The third-order valence-electron chi connectivity index (χ3n) is 3.63. The van der Waals surface area contributed by atoms with Gasteiger partial charge in [0.15, 0.2) is 0 Å². The molecule has 0 saturated heterocycles. The molecule has 0 fully saturated rings. The van der Waals surface area contributed by atoms with Gasteiger partial charge < -0.3 is 11.1 Å². The number of anilines is 2. The van der Waals surface area contributed by atoms with Gasteiger partial charge in [0.2, 0.25) is 5.91 Å². The normalized spacial score (nSPS) is 10.7. The van der Waals surface area contributed by atoms with E-state index in [1.54, 1.807) is 0 Å². The molecule has 1 heterocycles. The maximum absolute atomic E-state index is 12.1. The second kappa shape index (κ2) is 7.90. The van der Waals surface area contributed by atoms with Crippen molar-refractivity contribution in [3.8, 4) is 12.1 Å². The van der Waals surface area contributed by atoms with Gasteiger partial charge in [0, 0.05) is 5.69 Å². The molecule has 0 spiro atoms. The average Bonchev–Trinajstić information content (AvgIpc) is 2.59. The molecule has 0 unspecified atom stereocenters. The molecule has 3 N–H and O–H groups in total. The molecule has 26 heavy (non-hydrogen) atoms. The SMILES string of the molecule is CC(C)(C)c1ccc(NC(=O)CSc2nc(N)c(C#N)cc2C#N)cc1. The van der Waals surface area contributed by atoms with E-state index in [1.807, 2.05) is 36.4 Å². The van der Waals surface area contributed by atoms with E-state index in [1.165, 1.54) is 11.6 Å². The Morgan fingerprint density at radius 3 is 2.35 bits per heavy atom. The minimum Gasteiger partial charge on any atom is -0.383 e. The van der Waals surface area contributed by atoms with Gasteiger partial charge in [-0.25, -0.2) is 4.98 Å². The molecule has 0 aliphatic heterocycles. The smallest absolute Gasteiger partial charge is 0.234 e. The first kappa shape index (κ1) is 19.3. The van der Waals surface area contributed by atoms with Crippen LogP contribution in [0.3, 0.4) is 0 Å². The lowest BCUT2D eigenvalue weighted by Crippen LogP contribution is -2.15. The Morgan fingerprint density at radius 2 is 1.81 bits per heavy atom. The lowest BCUT2D eigenvalue weighted by molar-refractivity contribution is -0.113. The molecule has 7 heteroatoms. The number of rotatable bonds is 4. The Hall–Kier alpha value is -3.03. The van der Waals surface area contributed by atoms with E-state index in [4.69, 9.17) is 16.3 Å². The lowest BCUT2D eigenvalue weighted by atomic mass is 9.87. The molecule has 132 valence electrons. The van der Waals surface area contributed by atoms with E-state index in [9.17, 15) is 4.79 Å². The number of carbonyl (C=O) groups is 1. The summed E-state index contributed by atoms with van der Waals surface area (Å²) in [5.74, 6) is -0.0899. The number of aromatic nitrogens is 1. The van der Waals surface area contributed by atoms with Crippen molar-refractivity contribution >= 4 is 29.2 Å². The second-order valence-corrected chi connectivity index (χ2v) is 7.63. The quantitative estimate of drug-likeness (QED) is 0.802. The zero-order chi connectivity index (χ0) is 19.3. The number of nitriles is 2. The van der Waals surface area contributed by atoms with E-state index in [-0.39, 0.29) is 34.0 Å². The van der Waals surface area contributed by atoms with E-state index in [0.717, 1.165) is 11.8 Å². The average molecular weight is 365 g/mol. The Labute approximate surface area is 157 Å². The fourth-order valence-electron chi connectivity index (χ4n) is 2.17. The van der Waals surface area contributed by atoms with Crippen molar-refractivity contribution in [2.75, 3.05) is 16.8 Å². The molecule has 0 aliphatic carbocycles. The predicted molar refractivity (Wildman–Crippen MR) is 103 cm³/mol. The first-order valence-electron chi connectivity index (χ1n) is 7.88. The van der Waals surface area contributed by atoms with Gasteiger partial charge in [-0.3, -0.25) is 4.79 Å². The van der Waals surface area contributed by atoms with Crippen LogP contribution in [0.5, 0.6) is 0 Å². The number of hydrogen-bond acceptors (Lipinski definition) is 6. The molecule has 6 nitrogen and oxygen atoms in total. The maximum Gasteiger partial charge on any atom is 0.234 e. The number of thioether (sulfide) groups is 1. The zero-order valence-electron chi connectivity index (χ0n) is 14.8. The van der Waals surface area contributed by atoms with Gasteiger partial charge in [0.25, 0.3) is 0 Å². The predicted octanol–water partition coefficient (Wildman–Crippen LogP) is 3.44. The Kier molecular flexibility index (Phi) is 5.86. The van der Waals surface area contributed by atoms with E-state index in [2.05, 4.69) is 31.1 Å². The largest absolute Gasteiger partial charge is 0.383 e. The van der Waals surface area contributed by atoms with Crippen LogP contribution in [-0.4, -0.2) is 16.6 Å². The standard InChI is InChI=1S/C19H19N5OS/c1-19(2,3)14-4-6-15(7-5-14)23-16(25)11-26-18-13(10-21)8-12(9-20)17(22)24-18/h4-8H,11H2,1-3H3,(H2,22,24)(H,23,25). The van der Waals surface area contributed by atoms with E-state index >= 15 is 0 Å². The number of carbonyl (C=O) groups excluding carboxylic acids is 1. The monoisotopic (exact) mass is 365 g/mol. The highest BCUT2D eigenvalue weighted by atomic mass is 32.2. The van der Waals surface area contributed by atoms with Crippen LogP contribution in [0, 0.1) is 22.7 Å². The first-order chi connectivity index (χ1) is 12.2. The van der Waals surface area contributed by atoms with Crippen LogP contribution < -0.4 is 11.1 Å². The van der Waals surface area contributed by atoms with Gasteiger partial charge >= 0.3 is 0 Å². The van der Waals surface area contributed by atoms with Gasteiger partial charge in [-0.05, 0) is 29.2 Å². The fourth-order valence-corrected chi connectivity index (χ4v) is 2.94. The number of nitrogen functional groups attached to an aromatic ring is 1. The van der Waals surface area contributed by atoms with Crippen LogP contribution in [0.1, 0.15) is 37.5 Å². The number of nitrogens with one attached hydrogen (secondary N) is 1. The van der Waals surface area contributed by atoms with Crippen LogP contribution >= 0.6 is 11.8 Å². The second-order valence-electron chi connectivity index (χ2n) is 6.66. The summed E-state index contributed by atoms with van der Waals surface area (Å²) < 4.78 is 0. The van der Waals surface area contributed by atoms with Crippen LogP contribution in [-0.2, 0) is 10.2 Å². The minimum atomic E-state index is -0.216. The van der Waals surface area contributed by atoms with Crippen LogP contribution in [0.15, 0.2) is 35.4 Å². The fraction of sp³-hybridized carbons (Fsp3) is 0.263. The van der Waals surface area contributed by atoms with Gasteiger partial charge in [0.1, 0.15) is 23.0 Å². The summed E-state index contributed by atoms with van der Waals surface area (Å²) in [5, 5.41) is 21.2. The molecule has 0 aliphatic rings. The van der Waals surface area contributed by atoms with Crippen LogP contribution in [0.2, 0.25) is 0 Å². The van der Waals surface area contributed by atoms with Gasteiger partial charge in [-0.2, -0.15) is 10.5 Å². The Morgan fingerprint density at radius 1 is 1.19 bits per heavy atom.